The van der Waals surface area contributed by atoms with E-state index in [4.69, 9.17) is 4.98 Å². The molecule has 0 N–H and O–H groups in total. The van der Waals surface area contributed by atoms with Crippen molar-refractivity contribution in [1.29, 1.82) is 0 Å². The fraction of sp³-hybridized carbons (Fsp3) is 0.741. The van der Waals surface area contributed by atoms with Crippen molar-refractivity contribution < 1.29 is 21.7 Å². The first-order chi connectivity index (χ1) is 12.6. The van der Waals surface area contributed by atoms with Crippen molar-refractivity contribution >= 4 is 8.24 Å². The summed E-state index contributed by atoms with van der Waals surface area (Å²) in [5, 5.41) is 0. The van der Waals surface area contributed by atoms with Crippen LogP contribution in [0.1, 0.15) is 73.1 Å². The molecule has 0 aliphatic heterocycles. The van der Waals surface area contributed by atoms with Crippen molar-refractivity contribution in [2.75, 3.05) is 0 Å². The summed E-state index contributed by atoms with van der Waals surface area (Å²) in [6, 6.07) is 0. The van der Waals surface area contributed by atoms with Crippen LogP contribution in [0.2, 0.25) is 18.6 Å². The monoisotopic (exact) mass is 464 g/mol. The molecule has 6 atom stereocenters. The summed E-state index contributed by atoms with van der Waals surface area (Å²) >= 11 is 0. The summed E-state index contributed by atoms with van der Waals surface area (Å²) in [5.74, 6) is 5.17. The van der Waals surface area contributed by atoms with Crippen molar-refractivity contribution in [2.24, 2.45) is 29.6 Å². The summed E-state index contributed by atoms with van der Waals surface area (Å²) in [7, 11) is -1.50. The topological polar surface area (TPSA) is 14.1 Å². The van der Waals surface area contributed by atoms with E-state index in [1.807, 2.05) is 13.0 Å². The second-order valence-electron chi connectivity index (χ2n) is 10.9. The smallest absolute Gasteiger partial charge is 0.660 e. The fourth-order valence-corrected chi connectivity index (χ4v) is 11.8. The Bertz CT molecular complexity index is 556. The standard InChI is InChI=1S/C19H36NSi.C6H8.2CH3.Ti/c1-13-10-16-11-14-8-7-9-15(14)12-17(16)18(13)21(5,6)20-19(2,3)4;1-3-5-6-4-2;;;/h13-18H,7-12H2,1-6H3;3-5H,1H2,2H3;2*1H3;/q-1;;2*-1;+3/t13-,14?,15?,16?,17?,18?;;;;/m1..../s1. The Hall–Kier alpha value is 0.151. The van der Waals surface area contributed by atoms with Crippen LogP contribution >= 0.6 is 0 Å². The summed E-state index contributed by atoms with van der Waals surface area (Å²) in [6.45, 7) is 19.9. The number of hydrogen-bond donors (Lipinski definition) is 0. The normalized spacial score (nSPS) is 31.7. The molecule has 5 unspecified atom stereocenters. The zero-order chi connectivity index (χ0) is 20.2. The fourth-order valence-electron chi connectivity index (χ4n) is 6.92. The Morgan fingerprint density at radius 3 is 2.03 bits per heavy atom. The van der Waals surface area contributed by atoms with Crippen LogP contribution in [0, 0.1) is 44.4 Å². The largest absolute Gasteiger partial charge is 3.00 e. The average Bonchev–Trinajstić information content (AvgIpc) is 3.11. The van der Waals surface area contributed by atoms with Gasteiger partial charge in [-0.2, -0.15) is 0 Å². The molecule has 0 bridgehead atoms. The first kappa shape index (κ1) is 32.3. The molecule has 30 heavy (non-hydrogen) atoms. The Morgan fingerprint density at radius 1 is 1.00 bits per heavy atom. The van der Waals surface area contributed by atoms with Gasteiger partial charge in [0.1, 0.15) is 0 Å². The molecule has 0 heterocycles. The third kappa shape index (κ3) is 8.59. The van der Waals surface area contributed by atoms with Gasteiger partial charge in [0.2, 0.25) is 0 Å². The molecule has 171 valence electrons. The molecule has 0 spiro atoms. The Morgan fingerprint density at radius 2 is 1.57 bits per heavy atom. The van der Waals surface area contributed by atoms with Gasteiger partial charge in [0.05, 0.1) is 0 Å². The quantitative estimate of drug-likeness (QED) is 0.171. The third-order valence-electron chi connectivity index (χ3n) is 7.17. The minimum atomic E-state index is -1.50. The molecule has 0 aromatic heterocycles. The van der Waals surface area contributed by atoms with Gasteiger partial charge < -0.3 is 19.8 Å². The van der Waals surface area contributed by atoms with E-state index in [9.17, 15) is 0 Å². The van der Waals surface area contributed by atoms with Crippen molar-refractivity contribution in [3.05, 3.63) is 50.4 Å². The van der Waals surface area contributed by atoms with E-state index < -0.39 is 8.24 Å². The predicted molar refractivity (Wildman–Crippen MR) is 137 cm³/mol. The van der Waals surface area contributed by atoms with E-state index in [0.29, 0.717) is 0 Å². The van der Waals surface area contributed by atoms with Gasteiger partial charge in [-0.25, -0.2) is 0 Å². The minimum absolute atomic E-state index is 0. The molecular formula is C27H50NSiTi. The molecule has 3 fully saturated rings. The first-order valence-electron chi connectivity index (χ1n) is 11.3. The maximum atomic E-state index is 5.39. The summed E-state index contributed by atoms with van der Waals surface area (Å²) in [4.78, 5) is 5.39. The zero-order valence-electron chi connectivity index (χ0n) is 21.6. The second-order valence-corrected chi connectivity index (χ2v) is 15.1. The molecule has 3 heteroatoms. The number of hydrogen-bond acceptors (Lipinski definition) is 0. The molecule has 0 saturated heterocycles. The third-order valence-corrected chi connectivity index (χ3v) is 11.0. The number of fused-ring (bicyclic) bond motifs is 2. The minimum Gasteiger partial charge on any atom is -0.660 e. The predicted octanol–water partition coefficient (Wildman–Crippen LogP) is 9.02. The van der Waals surface area contributed by atoms with Gasteiger partial charge in [0.15, 0.2) is 0 Å². The van der Waals surface area contributed by atoms with E-state index in [1.54, 1.807) is 31.4 Å². The molecule has 0 aromatic rings. The van der Waals surface area contributed by atoms with Crippen LogP contribution in [-0.4, -0.2) is 13.8 Å². The van der Waals surface area contributed by atoms with Gasteiger partial charge in [0, 0.05) is 0 Å². The van der Waals surface area contributed by atoms with Crippen LogP contribution in [0.25, 0.3) is 4.98 Å². The average molecular weight is 465 g/mol. The van der Waals surface area contributed by atoms with E-state index in [2.05, 4.69) is 53.1 Å². The van der Waals surface area contributed by atoms with E-state index in [1.165, 1.54) is 19.3 Å². The van der Waals surface area contributed by atoms with Crippen molar-refractivity contribution in [3.63, 3.8) is 0 Å². The Labute approximate surface area is 206 Å². The Kier molecular flexibility index (Phi) is 14.7. The van der Waals surface area contributed by atoms with Crippen LogP contribution in [-0.2, 0) is 21.7 Å². The number of rotatable bonds is 3. The molecule has 3 aliphatic carbocycles. The van der Waals surface area contributed by atoms with Crippen LogP contribution < -0.4 is 0 Å². The van der Waals surface area contributed by atoms with E-state index >= 15 is 0 Å². The molecule has 3 aliphatic rings. The molecule has 1 radical (unpaired) electrons. The number of nitrogens with zero attached hydrogens (tertiary/aromatic N) is 1. The first-order valence-corrected chi connectivity index (χ1v) is 14.3. The van der Waals surface area contributed by atoms with Gasteiger partial charge in [-0.3, -0.25) is 0 Å². The second kappa shape index (κ2) is 13.6. The Balaban J connectivity index is 0. The SMILES string of the molecule is C=CC=C=CC.C[C@@H]1CC2CC3CCCC3CC2C1[Si](C)(C)[N-]C(C)(C)C.[CH3-].[CH3-].[Ti+3]. The number of allylic oxidation sites excluding steroid dienone is 2. The van der Waals surface area contributed by atoms with Crippen LogP contribution in [0.3, 0.4) is 0 Å². The van der Waals surface area contributed by atoms with Gasteiger partial charge >= 0.3 is 21.7 Å². The molecule has 3 saturated carbocycles. The van der Waals surface area contributed by atoms with Crippen molar-refractivity contribution in [3.8, 4) is 0 Å². The van der Waals surface area contributed by atoms with Crippen LogP contribution in [0.5, 0.6) is 0 Å². The molecule has 0 aromatic carbocycles. The van der Waals surface area contributed by atoms with Gasteiger partial charge in [0.25, 0.3) is 0 Å². The van der Waals surface area contributed by atoms with Crippen molar-refractivity contribution in [2.45, 2.75) is 97.3 Å². The van der Waals surface area contributed by atoms with E-state index in [-0.39, 0.29) is 42.1 Å². The summed E-state index contributed by atoms with van der Waals surface area (Å²) in [6.07, 6.45) is 14.5. The van der Waals surface area contributed by atoms with Crippen molar-refractivity contribution in [1.82, 2.24) is 0 Å². The van der Waals surface area contributed by atoms with Crippen LogP contribution in [0.15, 0.2) is 30.5 Å². The maximum absolute atomic E-state index is 5.39. The molecule has 3 rings (SSSR count). The summed E-state index contributed by atoms with van der Waals surface area (Å²) < 4.78 is 0. The van der Waals surface area contributed by atoms with Gasteiger partial charge in [-0.15, -0.1) is 11.3 Å². The van der Waals surface area contributed by atoms with Gasteiger partial charge in [-0.1, -0.05) is 86.5 Å². The summed E-state index contributed by atoms with van der Waals surface area (Å²) in [5.41, 5.74) is 3.93. The molecule has 1 nitrogen and oxygen atoms in total. The van der Waals surface area contributed by atoms with E-state index in [0.717, 1.165) is 35.1 Å². The van der Waals surface area contributed by atoms with Crippen LogP contribution in [0.4, 0.5) is 0 Å². The molecule has 0 amide bonds. The zero-order valence-corrected chi connectivity index (χ0v) is 24.2. The van der Waals surface area contributed by atoms with Gasteiger partial charge in [-0.05, 0) is 67.9 Å². The maximum Gasteiger partial charge on any atom is 3.00 e. The molecular weight excluding hydrogens is 414 g/mol.